The van der Waals surface area contributed by atoms with Crippen molar-refractivity contribution in [3.8, 4) is 5.75 Å². The number of nitrogens with two attached hydrogens (primary N) is 1. The van der Waals surface area contributed by atoms with Crippen LogP contribution in [0.4, 0.5) is 22.0 Å². The maximum atomic E-state index is 14.9. The van der Waals surface area contributed by atoms with E-state index in [1.807, 2.05) is 0 Å². The fraction of sp³-hybridized carbons (Fsp3) is 0.444. The van der Waals surface area contributed by atoms with Gasteiger partial charge in [0, 0.05) is 29.6 Å². The highest BCUT2D eigenvalue weighted by molar-refractivity contribution is 6.30. The van der Waals surface area contributed by atoms with Crippen molar-refractivity contribution in [3.63, 3.8) is 0 Å². The molecule has 2 amide bonds. The third kappa shape index (κ3) is 10.1. The minimum atomic E-state index is -4.69. The summed E-state index contributed by atoms with van der Waals surface area (Å²) < 4.78 is 72.3. The molecule has 0 fully saturated rings. The first kappa shape index (κ1) is 33.0. The van der Waals surface area contributed by atoms with Gasteiger partial charge in [-0.2, -0.15) is 22.0 Å². The highest BCUT2D eigenvalue weighted by Crippen LogP contribution is 2.29. The van der Waals surface area contributed by atoms with E-state index in [9.17, 15) is 36.3 Å². The van der Waals surface area contributed by atoms with E-state index in [0.717, 1.165) is 0 Å². The van der Waals surface area contributed by atoms with Crippen LogP contribution in [0.15, 0.2) is 54.6 Å². The van der Waals surface area contributed by atoms with Crippen molar-refractivity contribution in [2.75, 3.05) is 13.2 Å². The highest BCUT2D eigenvalue weighted by Gasteiger charge is 2.53. The average molecular weight is 592 g/mol. The molecule has 2 aromatic rings. The maximum Gasteiger partial charge on any atom is 0.390 e. The van der Waals surface area contributed by atoms with E-state index in [1.165, 1.54) is 25.2 Å². The Bertz CT molecular complexity index is 1150. The number of amides is 2. The van der Waals surface area contributed by atoms with Crippen LogP contribution in [0.5, 0.6) is 5.75 Å². The molecule has 4 N–H and O–H groups in total. The number of carbonyl (C=O) groups excluding carboxylic acids is 3. The van der Waals surface area contributed by atoms with Crippen molar-refractivity contribution in [2.24, 2.45) is 17.6 Å². The monoisotopic (exact) mass is 591 g/mol. The molecule has 0 saturated heterocycles. The molecule has 2 aromatic carbocycles. The Hall–Kier alpha value is -3.25. The molecule has 0 radical (unpaired) electrons. The molecule has 1 unspecified atom stereocenters. The van der Waals surface area contributed by atoms with Crippen molar-refractivity contribution in [2.45, 2.75) is 50.9 Å². The molecule has 13 heteroatoms. The summed E-state index contributed by atoms with van der Waals surface area (Å²) in [7, 11) is 0. The van der Waals surface area contributed by atoms with Gasteiger partial charge >= 0.3 is 12.1 Å². The summed E-state index contributed by atoms with van der Waals surface area (Å²) in [6.07, 6.45) is -6.18. The fourth-order valence-corrected chi connectivity index (χ4v) is 4.21. The van der Waals surface area contributed by atoms with Crippen LogP contribution in [0.2, 0.25) is 5.02 Å². The van der Waals surface area contributed by atoms with Gasteiger partial charge in [0.25, 0.3) is 11.8 Å². The van der Waals surface area contributed by atoms with Crippen molar-refractivity contribution in [1.82, 2.24) is 10.6 Å². The summed E-state index contributed by atoms with van der Waals surface area (Å²) in [6, 6.07) is 12.4. The number of hydrogen-bond donors (Lipinski definition) is 3. The zero-order chi connectivity index (χ0) is 30.1. The Morgan fingerprint density at radius 1 is 1.00 bits per heavy atom. The van der Waals surface area contributed by atoms with Crippen LogP contribution in [0.25, 0.3) is 0 Å². The molecule has 0 heterocycles. The number of alkyl halides is 5. The fourth-order valence-electron chi connectivity index (χ4n) is 4.03. The van der Waals surface area contributed by atoms with Crippen molar-refractivity contribution in [1.29, 1.82) is 0 Å². The standard InChI is InChI=1S/C27H31ClF5N3O4/c1-16(2)22(24(38)27(32,33)25(39)35-12-11-26(29,30)31)23(34)20(13-17-7-4-3-5-8-17)36-21(37)15-40-19-10-6-9-18(28)14-19/h3-10,14,16,20,22-23H,11-13,15,34H2,1-2H3,(H,35,39)(H,36,37)/t20-,22-,23?/m0/s1. The molecule has 3 atom stereocenters. The van der Waals surface area contributed by atoms with E-state index >= 15 is 0 Å². The summed E-state index contributed by atoms with van der Waals surface area (Å²) in [5.74, 6) is -11.5. The van der Waals surface area contributed by atoms with Gasteiger partial charge in [-0.3, -0.25) is 14.4 Å². The molecule has 220 valence electrons. The lowest BCUT2D eigenvalue weighted by molar-refractivity contribution is -0.163. The summed E-state index contributed by atoms with van der Waals surface area (Å²) >= 11 is 5.91. The van der Waals surface area contributed by atoms with Crippen LogP contribution in [-0.2, 0) is 20.8 Å². The first-order valence-corrected chi connectivity index (χ1v) is 12.7. The van der Waals surface area contributed by atoms with Crippen LogP contribution in [-0.4, -0.2) is 54.9 Å². The number of hydrogen-bond acceptors (Lipinski definition) is 5. The van der Waals surface area contributed by atoms with E-state index in [2.05, 4.69) is 5.32 Å². The first-order valence-electron chi connectivity index (χ1n) is 12.4. The largest absolute Gasteiger partial charge is 0.484 e. The van der Waals surface area contributed by atoms with Gasteiger partial charge < -0.3 is 21.1 Å². The third-order valence-corrected chi connectivity index (χ3v) is 6.23. The van der Waals surface area contributed by atoms with E-state index in [0.29, 0.717) is 16.3 Å². The van der Waals surface area contributed by atoms with Crippen LogP contribution < -0.4 is 21.1 Å². The maximum absolute atomic E-state index is 14.9. The smallest absolute Gasteiger partial charge is 0.390 e. The number of carbonyl (C=O) groups is 3. The third-order valence-electron chi connectivity index (χ3n) is 6.00. The number of ketones is 1. The minimum Gasteiger partial charge on any atom is -0.484 e. The molecular formula is C27H31ClF5N3O4. The molecule has 0 aromatic heterocycles. The number of rotatable bonds is 14. The Morgan fingerprint density at radius 3 is 2.23 bits per heavy atom. The lowest BCUT2D eigenvalue weighted by atomic mass is 9.78. The zero-order valence-electron chi connectivity index (χ0n) is 21.8. The second-order valence-electron chi connectivity index (χ2n) is 9.52. The lowest BCUT2D eigenvalue weighted by Crippen LogP contribution is -2.60. The Morgan fingerprint density at radius 2 is 1.65 bits per heavy atom. The quantitative estimate of drug-likeness (QED) is 0.224. The molecule has 2 rings (SSSR count). The molecule has 0 aliphatic heterocycles. The molecule has 0 bridgehead atoms. The number of benzene rings is 2. The minimum absolute atomic E-state index is 0.0464. The lowest BCUT2D eigenvalue weighted by Gasteiger charge is -2.34. The van der Waals surface area contributed by atoms with Gasteiger partial charge in [0.2, 0.25) is 5.78 Å². The van der Waals surface area contributed by atoms with Gasteiger partial charge in [-0.05, 0) is 36.1 Å². The second kappa shape index (κ2) is 14.4. The van der Waals surface area contributed by atoms with Gasteiger partial charge in [0.05, 0.1) is 6.42 Å². The van der Waals surface area contributed by atoms with Gasteiger partial charge in [0.15, 0.2) is 6.61 Å². The van der Waals surface area contributed by atoms with Crippen molar-refractivity contribution >= 4 is 29.2 Å². The van der Waals surface area contributed by atoms with E-state index in [4.69, 9.17) is 22.1 Å². The molecule has 0 saturated carbocycles. The first-order chi connectivity index (χ1) is 18.6. The van der Waals surface area contributed by atoms with E-state index < -0.39 is 73.2 Å². The number of ether oxygens (including phenoxy) is 1. The number of Topliss-reactive ketones (excluding diaryl/α,β-unsaturated/α-hetero) is 1. The molecule has 0 aliphatic carbocycles. The van der Waals surface area contributed by atoms with Crippen LogP contribution >= 0.6 is 11.6 Å². The predicted molar refractivity (Wildman–Crippen MR) is 139 cm³/mol. The molecule has 7 nitrogen and oxygen atoms in total. The van der Waals surface area contributed by atoms with Crippen LogP contribution in [0.1, 0.15) is 25.8 Å². The van der Waals surface area contributed by atoms with Gasteiger partial charge in [-0.25, -0.2) is 0 Å². The van der Waals surface area contributed by atoms with Crippen molar-refractivity contribution in [3.05, 3.63) is 65.2 Å². The second-order valence-corrected chi connectivity index (χ2v) is 9.95. The Balaban J connectivity index is 2.24. The topological polar surface area (TPSA) is 111 Å². The zero-order valence-corrected chi connectivity index (χ0v) is 22.6. The molecule has 40 heavy (non-hydrogen) atoms. The predicted octanol–water partition coefficient (Wildman–Crippen LogP) is 4.32. The molecular weight excluding hydrogens is 561 g/mol. The van der Waals surface area contributed by atoms with Gasteiger partial charge in [0.1, 0.15) is 5.75 Å². The van der Waals surface area contributed by atoms with E-state index in [1.54, 1.807) is 48.5 Å². The molecule has 0 spiro atoms. The Kier molecular flexibility index (Phi) is 11.9. The van der Waals surface area contributed by atoms with E-state index in [-0.39, 0.29) is 6.42 Å². The highest BCUT2D eigenvalue weighted by atomic mass is 35.5. The normalized spacial score (nSPS) is 14.2. The molecule has 0 aliphatic rings. The Labute approximate surface area is 233 Å². The van der Waals surface area contributed by atoms with Crippen molar-refractivity contribution < 1.29 is 41.1 Å². The number of nitrogens with one attached hydrogen (secondary N) is 2. The van der Waals surface area contributed by atoms with Gasteiger partial charge in [-0.1, -0.05) is 61.8 Å². The summed E-state index contributed by atoms with van der Waals surface area (Å²) in [5, 5.41) is 4.47. The summed E-state index contributed by atoms with van der Waals surface area (Å²) in [6.45, 7) is 1.27. The average Bonchev–Trinajstić information content (AvgIpc) is 2.86. The summed E-state index contributed by atoms with van der Waals surface area (Å²) in [4.78, 5) is 37.8. The number of halogens is 6. The SMILES string of the molecule is CC(C)[C@H](C(=O)C(F)(F)C(=O)NCCC(F)(F)F)C(N)[C@H](Cc1ccccc1)NC(=O)COc1cccc(Cl)c1. The van der Waals surface area contributed by atoms with Gasteiger partial charge in [-0.15, -0.1) is 0 Å². The van der Waals surface area contributed by atoms with Crippen LogP contribution in [0.3, 0.4) is 0 Å². The van der Waals surface area contributed by atoms with Crippen LogP contribution in [0, 0.1) is 11.8 Å². The summed E-state index contributed by atoms with van der Waals surface area (Å²) in [5.41, 5.74) is 7.01.